The van der Waals surface area contributed by atoms with Gasteiger partial charge in [0.25, 0.3) is 0 Å². The first-order valence-corrected chi connectivity index (χ1v) is 8.45. The monoisotopic (exact) mass is 340 g/mol. The van der Waals surface area contributed by atoms with Crippen LogP contribution in [0.25, 0.3) is 11.1 Å². The second-order valence-corrected chi connectivity index (χ2v) is 6.23. The van der Waals surface area contributed by atoms with Gasteiger partial charge in [0.15, 0.2) is 0 Å². The SMILES string of the molecule is N#Cc1cnccc1CC(=O)OCC1c2ccccc2-c2ccccc21. The summed E-state index contributed by atoms with van der Waals surface area (Å²) in [5, 5.41) is 9.11. The molecule has 0 saturated carbocycles. The summed E-state index contributed by atoms with van der Waals surface area (Å²) in [6.45, 7) is 0.291. The van der Waals surface area contributed by atoms with Crippen LogP contribution >= 0.6 is 0 Å². The zero-order valence-corrected chi connectivity index (χ0v) is 14.1. The molecule has 0 N–H and O–H groups in total. The summed E-state index contributed by atoms with van der Waals surface area (Å²) in [7, 11) is 0. The molecule has 0 spiro atoms. The van der Waals surface area contributed by atoms with Gasteiger partial charge in [0.1, 0.15) is 12.7 Å². The number of hydrogen-bond donors (Lipinski definition) is 0. The van der Waals surface area contributed by atoms with Crippen molar-refractivity contribution in [2.45, 2.75) is 12.3 Å². The maximum atomic E-state index is 12.3. The van der Waals surface area contributed by atoms with Crippen molar-refractivity contribution < 1.29 is 9.53 Å². The molecule has 1 aromatic heterocycles. The molecule has 0 fully saturated rings. The zero-order valence-electron chi connectivity index (χ0n) is 14.1. The van der Waals surface area contributed by atoms with Gasteiger partial charge in [0.05, 0.1) is 12.0 Å². The van der Waals surface area contributed by atoms with Crippen molar-refractivity contribution in [3.8, 4) is 17.2 Å². The molecule has 2 aromatic carbocycles. The molecule has 0 aliphatic heterocycles. The molecule has 3 aromatic rings. The fraction of sp³-hybridized carbons (Fsp3) is 0.136. The first-order valence-electron chi connectivity index (χ1n) is 8.45. The summed E-state index contributed by atoms with van der Waals surface area (Å²) in [4.78, 5) is 16.2. The number of pyridine rings is 1. The third-order valence-corrected chi connectivity index (χ3v) is 4.74. The highest BCUT2D eigenvalue weighted by Crippen LogP contribution is 2.44. The van der Waals surface area contributed by atoms with E-state index >= 15 is 0 Å². The van der Waals surface area contributed by atoms with E-state index < -0.39 is 0 Å². The third-order valence-electron chi connectivity index (χ3n) is 4.74. The smallest absolute Gasteiger partial charge is 0.310 e. The van der Waals surface area contributed by atoms with Crippen molar-refractivity contribution in [2.75, 3.05) is 6.61 Å². The van der Waals surface area contributed by atoms with Gasteiger partial charge >= 0.3 is 5.97 Å². The van der Waals surface area contributed by atoms with E-state index in [4.69, 9.17) is 10.00 Å². The highest BCUT2D eigenvalue weighted by molar-refractivity contribution is 5.79. The maximum Gasteiger partial charge on any atom is 0.310 e. The molecule has 4 nitrogen and oxygen atoms in total. The summed E-state index contributed by atoms with van der Waals surface area (Å²) in [6, 6.07) is 20.2. The summed E-state index contributed by atoms with van der Waals surface area (Å²) < 4.78 is 5.57. The predicted molar refractivity (Wildman–Crippen MR) is 97.3 cm³/mol. The molecule has 0 radical (unpaired) electrons. The summed E-state index contributed by atoms with van der Waals surface area (Å²) in [6.07, 6.45) is 3.11. The van der Waals surface area contributed by atoms with E-state index in [2.05, 4.69) is 35.3 Å². The van der Waals surface area contributed by atoms with Gasteiger partial charge in [-0.05, 0) is 33.9 Å². The van der Waals surface area contributed by atoms with Gasteiger partial charge in [-0.2, -0.15) is 5.26 Å². The quantitative estimate of drug-likeness (QED) is 0.677. The third kappa shape index (κ3) is 2.84. The Labute approximate surface area is 151 Å². The lowest BCUT2D eigenvalue weighted by atomic mass is 9.98. The van der Waals surface area contributed by atoms with Crippen molar-refractivity contribution in [3.63, 3.8) is 0 Å². The lowest BCUT2D eigenvalue weighted by molar-refractivity contribution is -0.143. The fourth-order valence-corrected chi connectivity index (χ4v) is 3.50. The largest absolute Gasteiger partial charge is 0.464 e. The minimum atomic E-state index is -0.338. The molecule has 0 atom stereocenters. The number of nitriles is 1. The average Bonchev–Trinajstić information content (AvgIpc) is 3.01. The maximum absolute atomic E-state index is 12.3. The van der Waals surface area contributed by atoms with Crippen LogP contribution in [0.4, 0.5) is 0 Å². The Morgan fingerprint density at radius 1 is 1.04 bits per heavy atom. The van der Waals surface area contributed by atoms with Gasteiger partial charge in [0.2, 0.25) is 0 Å². The van der Waals surface area contributed by atoms with E-state index in [1.165, 1.54) is 28.5 Å². The Kier molecular flexibility index (Phi) is 4.20. The lowest BCUT2D eigenvalue weighted by Gasteiger charge is -2.14. The number of nitrogens with zero attached hydrogens (tertiary/aromatic N) is 2. The number of fused-ring (bicyclic) bond motifs is 3. The molecular formula is C22H16N2O2. The number of esters is 1. The molecule has 26 heavy (non-hydrogen) atoms. The van der Waals surface area contributed by atoms with Crippen LogP contribution in [0.5, 0.6) is 0 Å². The van der Waals surface area contributed by atoms with Crippen LogP contribution in [0.3, 0.4) is 0 Å². The van der Waals surface area contributed by atoms with Crippen molar-refractivity contribution in [3.05, 3.63) is 89.2 Å². The molecule has 1 heterocycles. The van der Waals surface area contributed by atoms with Gasteiger partial charge in [-0.3, -0.25) is 9.78 Å². The summed E-state index contributed by atoms with van der Waals surface area (Å²) >= 11 is 0. The topological polar surface area (TPSA) is 63.0 Å². The van der Waals surface area contributed by atoms with Crippen LogP contribution in [0.15, 0.2) is 67.0 Å². The number of carbonyl (C=O) groups is 1. The highest BCUT2D eigenvalue weighted by Gasteiger charge is 2.29. The number of benzene rings is 2. The van der Waals surface area contributed by atoms with Crippen molar-refractivity contribution in [2.24, 2.45) is 0 Å². The molecular weight excluding hydrogens is 324 g/mol. The zero-order chi connectivity index (χ0) is 17.9. The summed E-state index contributed by atoms with van der Waals surface area (Å²) in [5.41, 5.74) is 5.81. The normalized spacial score (nSPS) is 12.1. The Bertz CT molecular complexity index is 975. The second kappa shape index (κ2) is 6.81. The second-order valence-electron chi connectivity index (χ2n) is 6.23. The first kappa shape index (κ1) is 16.0. The number of aromatic nitrogens is 1. The van der Waals surface area contributed by atoms with Crippen molar-refractivity contribution >= 4 is 5.97 Å². The van der Waals surface area contributed by atoms with Gasteiger partial charge in [-0.15, -0.1) is 0 Å². The van der Waals surface area contributed by atoms with Crippen LogP contribution in [-0.2, 0) is 16.0 Å². The lowest BCUT2D eigenvalue weighted by Crippen LogP contribution is -2.14. The Balaban J connectivity index is 1.52. The molecule has 0 bridgehead atoms. The molecule has 4 heteroatoms. The van der Waals surface area contributed by atoms with Crippen LogP contribution < -0.4 is 0 Å². The standard InChI is InChI=1S/C22H16N2O2/c23-12-16-13-24-10-9-15(16)11-22(25)26-14-21-19-7-3-1-5-17(19)18-6-2-4-8-20(18)21/h1-10,13,21H,11,14H2. The average molecular weight is 340 g/mol. The number of carbonyl (C=O) groups excluding carboxylic acids is 1. The molecule has 1 aliphatic carbocycles. The number of hydrogen-bond acceptors (Lipinski definition) is 4. The van der Waals surface area contributed by atoms with E-state index in [1.807, 2.05) is 24.3 Å². The van der Waals surface area contributed by atoms with E-state index in [1.54, 1.807) is 12.3 Å². The predicted octanol–water partition coefficient (Wildman–Crippen LogP) is 3.85. The van der Waals surface area contributed by atoms with Gasteiger partial charge in [0, 0.05) is 18.3 Å². The van der Waals surface area contributed by atoms with Gasteiger partial charge in [-0.25, -0.2) is 0 Å². The molecule has 126 valence electrons. The van der Waals surface area contributed by atoms with Crippen LogP contribution in [-0.4, -0.2) is 17.6 Å². The Morgan fingerprint density at radius 2 is 1.69 bits per heavy atom. The summed E-state index contributed by atoms with van der Waals surface area (Å²) in [5.74, 6) is -0.297. The van der Waals surface area contributed by atoms with Gasteiger partial charge in [-0.1, -0.05) is 48.5 Å². The molecule has 0 saturated heterocycles. The molecule has 0 unspecified atom stereocenters. The van der Waals surface area contributed by atoms with E-state index in [0.29, 0.717) is 17.7 Å². The van der Waals surface area contributed by atoms with E-state index in [-0.39, 0.29) is 18.3 Å². The number of rotatable bonds is 4. The van der Waals surface area contributed by atoms with Crippen molar-refractivity contribution in [1.29, 1.82) is 5.26 Å². The Hall–Kier alpha value is -3.45. The fourth-order valence-electron chi connectivity index (χ4n) is 3.50. The molecule has 0 amide bonds. The van der Waals surface area contributed by atoms with Crippen LogP contribution in [0.1, 0.15) is 28.2 Å². The molecule has 4 rings (SSSR count). The Morgan fingerprint density at radius 3 is 2.35 bits per heavy atom. The van der Waals surface area contributed by atoms with Crippen LogP contribution in [0, 0.1) is 11.3 Å². The van der Waals surface area contributed by atoms with E-state index in [9.17, 15) is 4.79 Å². The minimum Gasteiger partial charge on any atom is -0.464 e. The first-order chi connectivity index (χ1) is 12.8. The minimum absolute atomic E-state index is 0.0410. The van der Waals surface area contributed by atoms with Gasteiger partial charge < -0.3 is 4.74 Å². The molecule has 1 aliphatic rings. The number of ether oxygens (including phenoxy) is 1. The van der Waals surface area contributed by atoms with E-state index in [0.717, 1.165) is 0 Å². The van der Waals surface area contributed by atoms with Crippen molar-refractivity contribution in [1.82, 2.24) is 4.98 Å². The highest BCUT2D eigenvalue weighted by atomic mass is 16.5. The van der Waals surface area contributed by atoms with Crippen LogP contribution in [0.2, 0.25) is 0 Å².